The molecule has 148 valence electrons. The van der Waals surface area contributed by atoms with Crippen molar-refractivity contribution in [2.75, 3.05) is 7.05 Å². The lowest BCUT2D eigenvalue weighted by Crippen LogP contribution is -2.70. The molecule has 0 heterocycles. The fourth-order valence-corrected chi connectivity index (χ4v) is 7.52. The number of halogens is 1. The second-order valence-electron chi connectivity index (χ2n) is 10.1. The van der Waals surface area contributed by atoms with Crippen molar-refractivity contribution in [2.45, 2.75) is 69.4 Å². The van der Waals surface area contributed by atoms with E-state index < -0.39 is 5.60 Å². The van der Waals surface area contributed by atoms with Crippen molar-refractivity contribution in [2.24, 2.45) is 23.2 Å². The number of allylic oxidation sites excluding steroid dienone is 1. The van der Waals surface area contributed by atoms with Gasteiger partial charge >= 0.3 is 0 Å². The van der Waals surface area contributed by atoms with E-state index in [4.69, 9.17) is 11.6 Å². The van der Waals surface area contributed by atoms with Crippen molar-refractivity contribution >= 4 is 11.6 Å². The zero-order chi connectivity index (χ0) is 19.6. The fourth-order valence-electron chi connectivity index (χ4n) is 6.89. The van der Waals surface area contributed by atoms with Gasteiger partial charge in [-0.3, -0.25) is 0 Å². The van der Waals surface area contributed by atoms with Gasteiger partial charge in [0.1, 0.15) is 0 Å². The van der Waals surface area contributed by atoms with E-state index in [1.165, 1.54) is 12.0 Å². The SMILES string of the molecule is C=C(C(C)C)N(C)[C@@H](c1ccccc1)[C@@]1(C)C2CC3C[C@](Cl)(C2)C[C@@]1(O)C3. The number of alkyl halides is 1. The molecule has 0 aromatic heterocycles. The third-order valence-electron chi connectivity index (χ3n) is 8.16. The monoisotopic (exact) mass is 387 g/mol. The van der Waals surface area contributed by atoms with E-state index >= 15 is 0 Å². The Balaban J connectivity index is 1.83. The zero-order valence-electron chi connectivity index (χ0n) is 17.2. The van der Waals surface area contributed by atoms with Gasteiger partial charge in [-0.1, -0.05) is 57.7 Å². The van der Waals surface area contributed by atoms with Crippen molar-refractivity contribution in [3.63, 3.8) is 0 Å². The van der Waals surface area contributed by atoms with Crippen LogP contribution in [0, 0.1) is 23.2 Å². The van der Waals surface area contributed by atoms with E-state index in [9.17, 15) is 5.11 Å². The minimum absolute atomic E-state index is 0.101. The van der Waals surface area contributed by atoms with Gasteiger partial charge in [-0.15, -0.1) is 11.6 Å². The Kier molecular flexibility index (Phi) is 4.48. The van der Waals surface area contributed by atoms with Crippen LogP contribution in [-0.4, -0.2) is 27.5 Å². The van der Waals surface area contributed by atoms with E-state index in [0.717, 1.165) is 31.4 Å². The number of nitrogens with zero attached hydrogens (tertiary/aromatic N) is 1. The van der Waals surface area contributed by atoms with Crippen molar-refractivity contribution in [1.82, 2.24) is 4.90 Å². The van der Waals surface area contributed by atoms with E-state index in [1.807, 2.05) is 0 Å². The second-order valence-corrected chi connectivity index (χ2v) is 10.9. The average Bonchev–Trinajstić information content (AvgIpc) is 2.58. The minimum Gasteiger partial charge on any atom is -0.389 e. The highest BCUT2D eigenvalue weighted by atomic mass is 35.5. The maximum absolute atomic E-state index is 12.0. The molecular formula is C24H34ClNO. The van der Waals surface area contributed by atoms with Gasteiger partial charge in [0, 0.05) is 23.0 Å². The Morgan fingerprint density at radius 3 is 2.44 bits per heavy atom. The molecule has 1 aromatic rings. The summed E-state index contributed by atoms with van der Waals surface area (Å²) in [5.41, 5.74) is 1.44. The molecular weight excluding hydrogens is 354 g/mol. The molecule has 2 nitrogen and oxygen atoms in total. The predicted octanol–water partition coefficient (Wildman–Crippen LogP) is 5.77. The largest absolute Gasteiger partial charge is 0.389 e. The predicted molar refractivity (Wildman–Crippen MR) is 113 cm³/mol. The van der Waals surface area contributed by atoms with Gasteiger partial charge in [0.15, 0.2) is 0 Å². The number of rotatable bonds is 5. The Morgan fingerprint density at radius 1 is 1.22 bits per heavy atom. The molecule has 4 bridgehead atoms. The smallest absolute Gasteiger partial charge is 0.0746 e. The maximum atomic E-state index is 12.0. The van der Waals surface area contributed by atoms with Crippen LogP contribution >= 0.6 is 11.6 Å². The summed E-state index contributed by atoms with van der Waals surface area (Å²) in [6, 6.07) is 10.8. The molecule has 6 atom stereocenters. The van der Waals surface area contributed by atoms with Crippen molar-refractivity contribution in [1.29, 1.82) is 0 Å². The first-order chi connectivity index (χ1) is 12.6. The molecule has 27 heavy (non-hydrogen) atoms. The van der Waals surface area contributed by atoms with E-state index in [1.54, 1.807) is 0 Å². The van der Waals surface area contributed by atoms with Crippen LogP contribution in [-0.2, 0) is 0 Å². The Bertz CT molecular complexity index is 733. The standard InChI is InChI=1S/C24H34ClNO/c1-16(2)17(3)26(5)21(19-9-7-6-8-10-19)22(4)20-11-18-12-23(25,14-20)15-24(22,27)13-18/h6-10,16,18,20-21,27H,3,11-15H2,1-2,4-5H3/t18?,20?,21-,22+,23-,24-/m0/s1. The topological polar surface area (TPSA) is 23.5 Å². The van der Waals surface area contributed by atoms with Crippen molar-refractivity contribution in [3.8, 4) is 0 Å². The molecule has 1 N–H and O–H groups in total. The van der Waals surface area contributed by atoms with Gasteiger partial charge in [-0.2, -0.15) is 0 Å². The van der Waals surface area contributed by atoms with Crippen LogP contribution in [0.25, 0.3) is 0 Å². The molecule has 3 heteroatoms. The number of hydrogen-bond donors (Lipinski definition) is 1. The summed E-state index contributed by atoms with van der Waals surface area (Å²) < 4.78 is 0. The van der Waals surface area contributed by atoms with Gasteiger partial charge in [0.25, 0.3) is 0 Å². The summed E-state index contributed by atoms with van der Waals surface area (Å²) in [5.74, 6) is 1.38. The number of aliphatic hydroxyl groups is 1. The van der Waals surface area contributed by atoms with Crippen molar-refractivity contribution < 1.29 is 5.11 Å². The minimum atomic E-state index is -0.717. The third-order valence-corrected chi connectivity index (χ3v) is 8.60. The fraction of sp³-hybridized carbons (Fsp3) is 0.667. The van der Waals surface area contributed by atoms with Crippen LogP contribution in [0.1, 0.15) is 64.5 Å². The summed E-state index contributed by atoms with van der Waals surface area (Å²) >= 11 is 7.00. The lowest BCUT2D eigenvalue weighted by Gasteiger charge is -2.69. The summed E-state index contributed by atoms with van der Waals surface area (Å²) in [4.78, 5) is 2.15. The van der Waals surface area contributed by atoms with Crippen LogP contribution in [0.2, 0.25) is 0 Å². The Hall–Kier alpha value is -0.990. The van der Waals surface area contributed by atoms with Crippen LogP contribution in [0.4, 0.5) is 0 Å². The first-order valence-electron chi connectivity index (χ1n) is 10.5. The molecule has 1 aromatic carbocycles. The van der Waals surface area contributed by atoms with Gasteiger partial charge in [0.2, 0.25) is 0 Å². The summed E-state index contributed by atoms with van der Waals surface area (Å²) in [5, 5.41) is 12.0. The Labute approximate surface area is 169 Å². The lowest BCUT2D eigenvalue weighted by molar-refractivity contribution is -0.236. The average molecular weight is 388 g/mol. The molecule has 0 amide bonds. The van der Waals surface area contributed by atoms with Crippen LogP contribution in [0.15, 0.2) is 42.6 Å². The van der Waals surface area contributed by atoms with E-state index in [-0.39, 0.29) is 16.3 Å². The molecule has 0 aliphatic heterocycles. The normalized spacial score (nSPS) is 41.0. The molecule has 4 aliphatic rings. The highest BCUT2D eigenvalue weighted by molar-refractivity contribution is 6.24. The summed E-state index contributed by atoms with van der Waals surface area (Å²) in [6.45, 7) is 11.1. The van der Waals surface area contributed by atoms with Crippen LogP contribution in [0.3, 0.4) is 0 Å². The highest BCUT2D eigenvalue weighted by Crippen LogP contribution is 2.70. The first-order valence-corrected chi connectivity index (χ1v) is 10.9. The van der Waals surface area contributed by atoms with Gasteiger partial charge in [0.05, 0.1) is 11.6 Å². The quantitative estimate of drug-likeness (QED) is 0.648. The zero-order valence-corrected chi connectivity index (χ0v) is 18.0. The number of benzene rings is 1. The van der Waals surface area contributed by atoms with E-state index in [2.05, 4.69) is 69.6 Å². The van der Waals surface area contributed by atoms with Crippen LogP contribution in [0.5, 0.6) is 0 Å². The molecule has 5 rings (SSSR count). The Morgan fingerprint density at radius 2 is 1.89 bits per heavy atom. The number of hydrogen-bond acceptors (Lipinski definition) is 2. The summed E-state index contributed by atoms with van der Waals surface area (Å²) in [7, 11) is 2.16. The molecule has 4 aliphatic carbocycles. The molecule has 0 saturated heterocycles. The molecule has 0 spiro atoms. The lowest BCUT2D eigenvalue weighted by atomic mass is 9.41. The van der Waals surface area contributed by atoms with Gasteiger partial charge in [-0.25, -0.2) is 0 Å². The first kappa shape index (κ1) is 19.3. The van der Waals surface area contributed by atoms with Gasteiger partial charge < -0.3 is 10.0 Å². The second kappa shape index (κ2) is 6.26. The molecule has 2 unspecified atom stereocenters. The molecule has 4 fully saturated rings. The highest BCUT2D eigenvalue weighted by Gasteiger charge is 2.69. The molecule has 4 saturated carbocycles. The van der Waals surface area contributed by atoms with E-state index in [0.29, 0.717) is 17.8 Å². The van der Waals surface area contributed by atoms with Crippen molar-refractivity contribution in [3.05, 3.63) is 48.2 Å². The van der Waals surface area contributed by atoms with Crippen LogP contribution < -0.4 is 0 Å². The molecule has 0 radical (unpaired) electrons. The third kappa shape index (κ3) is 2.78. The summed E-state index contributed by atoms with van der Waals surface area (Å²) in [6.07, 6.45) is 4.90. The van der Waals surface area contributed by atoms with Gasteiger partial charge in [-0.05, 0) is 55.4 Å². The maximum Gasteiger partial charge on any atom is 0.0746 e.